The SMILES string of the molecule is Cc1nc2c(-c3c(F)cc(Cl)cc3F)nc([C@@H]3CCO[C@H](c4cnn(C5CC5)c4)C3)cn2c(=O)c1C. The van der Waals surface area contributed by atoms with Crippen LogP contribution >= 0.6 is 11.6 Å². The molecular formula is C26H24ClF2N5O2. The summed E-state index contributed by atoms with van der Waals surface area (Å²) in [6, 6.07) is 2.54. The molecule has 2 aliphatic rings. The van der Waals surface area contributed by atoms with Crippen molar-refractivity contribution in [3.8, 4) is 11.3 Å². The first-order valence-corrected chi connectivity index (χ1v) is 12.4. The molecular weight excluding hydrogens is 488 g/mol. The Morgan fingerprint density at radius 2 is 1.83 bits per heavy atom. The van der Waals surface area contributed by atoms with Crippen LogP contribution in [0.4, 0.5) is 8.78 Å². The summed E-state index contributed by atoms with van der Waals surface area (Å²) in [5.74, 6) is -1.82. The Morgan fingerprint density at radius 3 is 2.56 bits per heavy atom. The van der Waals surface area contributed by atoms with Crippen molar-refractivity contribution in [1.82, 2.24) is 24.1 Å². The molecule has 1 aliphatic carbocycles. The van der Waals surface area contributed by atoms with E-state index in [-0.39, 0.29) is 39.5 Å². The maximum Gasteiger partial charge on any atom is 0.261 e. The van der Waals surface area contributed by atoms with E-state index in [0.29, 0.717) is 42.4 Å². The Labute approximate surface area is 210 Å². The number of fused-ring (bicyclic) bond motifs is 1. The molecule has 36 heavy (non-hydrogen) atoms. The van der Waals surface area contributed by atoms with Crippen molar-refractivity contribution in [2.24, 2.45) is 0 Å². The monoisotopic (exact) mass is 511 g/mol. The smallest absolute Gasteiger partial charge is 0.261 e. The normalized spacial score (nSPS) is 20.2. The molecule has 1 aliphatic heterocycles. The summed E-state index contributed by atoms with van der Waals surface area (Å²) in [7, 11) is 0. The average Bonchev–Trinajstić information content (AvgIpc) is 3.58. The van der Waals surface area contributed by atoms with Crippen molar-refractivity contribution in [3.63, 3.8) is 0 Å². The predicted octanol–water partition coefficient (Wildman–Crippen LogP) is 5.47. The summed E-state index contributed by atoms with van der Waals surface area (Å²) in [4.78, 5) is 22.4. The van der Waals surface area contributed by atoms with Gasteiger partial charge in [0.05, 0.1) is 29.6 Å². The molecule has 10 heteroatoms. The van der Waals surface area contributed by atoms with Crippen molar-refractivity contribution in [1.29, 1.82) is 0 Å². The van der Waals surface area contributed by atoms with Gasteiger partial charge in [-0.2, -0.15) is 5.10 Å². The fourth-order valence-corrected chi connectivity index (χ4v) is 5.04. The third kappa shape index (κ3) is 4.00. The second-order valence-corrected chi connectivity index (χ2v) is 10.1. The van der Waals surface area contributed by atoms with Crippen LogP contribution in [0.3, 0.4) is 0 Å². The van der Waals surface area contributed by atoms with Gasteiger partial charge in [-0.1, -0.05) is 11.6 Å². The van der Waals surface area contributed by atoms with E-state index in [1.807, 2.05) is 17.1 Å². The van der Waals surface area contributed by atoms with Crippen molar-refractivity contribution in [2.75, 3.05) is 6.61 Å². The van der Waals surface area contributed by atoms with Crippen molar-refractivity contribution < 1.29 is 13.5 Å². The average molecular weight is 512 g/mol. The van der Waals surface area contributed by atoms with Crippen molar-refractivity contribution in [2.45, 2.75) is 57.6 Å². The Bertz CT molecular complexity index is 1540. The highest BCUT2D eigenvalue weighted by Crippen LogP contribution is 2.40. The molecule has 0 unspecified atom stereocenters. The molecule has 0 N–H and O–H groups in total. The van der Waals surface area contributed by atoms with Gasteiger partial charge in [0.25, 0.3) is 5.56 Å². The fourth-order valence-electron chi connectivity index (χ4n) is 4.84. The molecule has 0 amide bonds. The van der Waals surface area contributed by atoms with Crippen LogP contribution in [0, 0.1) is 25.5 Å². The lowest BCUT2D eigenvalue weighted by atomic mass is 9.90. The summed E-state index contributed by atoms with van der Waals surface area (Å²) >= 11 is 5.86. The number of hydrogen-bond acceptors (Lipinski definition) is 5. The standard InChI is InChI=1S/C26H24ClF2N5O2/c1-13-14(2)31-25-24(23-19(28)8-17(27)9-20(23)29)32-21(12-33(25)26(13)35)15-5-6-36-22(7-15)16-10-30-34(11-16)18-3-4-18/h8-12,15,18,22H,3-7H2,1-2H3/t15-,22+/m1/s1. The van der Waals surface area contributed by atoms with Gasteiger partial charge >= 0.3 is 0 Å². The lowest BCUT2D eigenvalue weighted by Gasteiger charge is -2.29. The van der Waals surface area contributed by atoms with Gasteiger partial charge in [-0.25, -0.2) is 18.7 Å². The molecule has 7 nitrogen and oxygen atoms in total. The summed E-state index contributed by atoms with van der Waals surface area (Å²) < 4.78 is 39.4. The van der Waals surface area contributed by atoms with Crippen LogP contribution in [0.15, 0.2) is 35.5 Å². The molecule has 1 saturated heterocycles. The number of hydrogen-bond donors (Lipinski definition) is 0. The summed E-state index contributed by atoms with van der Waals surface area (Å²) in [5.41, 5.74) is 1.91. The van der Waals surface area contributed by atoms with Gasteiger partial charge in [-0.05, 0) is 51.7 Å². The first-order valence-electron chi connectivity index (χ1n) is 12.0. The van der Waals surface area contributed by atoms with E-state index in [1.165, 1.54) is 4.40 Å². The third-order valence-electron chi connectivity index (χ3n) is 7.16. The van der Waals surface area contributed by atoms with Crippen LogP contribution < -0.4 is 5.56 Å². The largest absolute Gasteiger partial charge is 0.373 e. The molecule has 0 spiro atoms. The minimum absolute atomic E-state index is 0.0241. The molecule has 1 saturated carbocycles. The second kappa shape index (κ2) is 8.74. The van der Waals surface area contributed by atoms with Gasteiger partial charge in [0.15, 0.2) is 5.65 Å². The van der Waals surface area contributed by atoms with Gasteiger partial charge in [0.1, 0.15) is 17.3 Å². The first kappa shape index (κ1) is 23.2. The number of ether oxygens (including phenoxy) is 1. The second-order valence-electron chi connectivity index (χ2n) is 9.65. The predicted molar refractivity (Wildman–Crippen MR) is 130 cm³/mol. The Kier molecular flexibility index (Phi) is 5.64. The van der Waals surface area contributed by atoms with E-state index in [0.717, 1.165) is 30.5 Å². The topological polar surface area (TPSA) is 74.3 Å². The summed E-state index contributed by atoms with van der Waals surface area (Å²) in [6.45, 7) is 3.86. The minimum atomic E-state index is -0.864. The van der Waals surface area contributed by atoms with E-state index >= 15 is 8.78 Å². The summed E-state index contributed by atoms with van der Waals surface area (Å²) in [6.07, 6.45) is 8.86. The quantitative estimate of drug-likeness (QED) is 0.363. The number of aromatic nitrogens is 5. The highest BCUT2D eigenvalue weighted by molar-refractivity contribution is 6.30. The van der Waals surface area contributed by atoms with Crippen LogP contribution in [-0.4, -0.2) is 30.8 Å². The molecule has 2 fully saturated rings. The van der Waals surface area contributed by atoms with Crippen LogP contribution in [0.5, 0.6) is 0 Å². The van der Waals surface area contributed by atoms with E-state index in [9.17, 15) is 4.79 Å². The Morgan fingerprint density at radius 1 is 1.08 bits per heavy atom. The molecule has 3 aromatic heterocycles. The number of benzene rings is 1. The van der Waals surface area contributed by atoms with Crippen LogP contribution in [0.25, 0.3) is 16.9 Å². The number of nitrogens with zero attached hydrogens (tertiary/aromatic N) is 5. The lowest BCUT2D eigenvalue weighted by molar-refractivity contribution is 0.00454. The molecule has 186 valence electrons. The number of rotatable bonds is 4. The fraction of sp³-hybridized carbons (Fsp3) is 0.385. The zero-order valence-electron chi connectivity index (χ0n) is 19.8. The number of aryl methyl sites for hydroxylation is 1. The zero-order chi connectivity index (χ0) is 25.1. The molecule has 4 heterocycles. The van der Waals surface area contributed by atoms with Crippen LogP contribution in [0.2, 0.25) is 5.02 Å². The number of halogens is 3. The van der Waals surface area contributed by atoms with E-state index < -0.39 is 11.6 Å². The van der Waals surface area contributed by atoms with Gasteiger partial charge in [0, 0.05) is 46.8 Å². The van der Waals surface area contributed by atoms with Gasteiger partial charge < -0.3 is 4.74 Å². The summed E-state index contributed by atoms with van der Waals surface area (Å²) in [5, 5.41) is 4.41. The molecule has 0 radical (unpaired) electrons. The van der Waals surface area contributed by atoms with E-state index in [1.54, 1.807) is 20.0 Å². The third-order valence-corrected chi connectivity index (χ3v) is 7.38. The highest BCUT2D eigenvalue weighted by atomic mass is 35.5. The maximum absolute atomic E-state index is 15.0. The highest BCUT2D eigenvalue weighted by Gasteiger charge is 2.31. The van der Waals surface area contributed by atoms with Crippen molar-refractivity contribution >= 4 is 17.2 Å². The zero-order valence-corrected chi connectivity index (χ0v) is 20.6. The van der Waals surface area contributed by atoms with Gasteiger partial charge in [-0.15, -0.1) is 0 Å². The molecule has 0 bridgehead atoms. The molecule has 6 rings (SSSR count). The first-order chi connectivity index (χ1) is 17.3. The Hall–Kier alpha value is -3.17. The minimum Gasteiger partial charge on any atom is -0.373 e. The molecule has 4 aromatic rings. The van der Waals surface area contributed by atoms with Gasteiger partial charge in [-0.3, -0.25) is 13.9 Å². The van der Waals surface area contributed by atoms with Crippen molar-refractivity contribution in [3.05, 3.63) is 80.2 Å². The van der Waals surface area contributed by atoms with E-state index in [4.69, 9.17) is 21.3 Å². The van der Waals surface area contributed by atoms with E-state index in [2.05, 4.69) is 10.1 Å². The Balaban J connectivity index is 1.47. The van der Waals surface area contributed by atoms with Crippen LogP contribution in [0.1, 0.15) is 66.3 Å². The van der Waals surface area contributed by atoms with Gasteiger partial charge in [0.2, 0.25) is 0 Å². The maximum atomic E-state index is 15.0. The molecule has 1 aromatic carbocycles. The molecule has 2 atom stereocenters. The lowest BCUT2D eigenvalue weighted by Crippen LogP contribution is -2.24. The van der Waals surface area contributed by atoms with Crippen LogP contribution in [-0.2, 0) is 4.74 Å².